The summed E-state index contributed by atoms with van der Waals surface area (Å²) < 4.78 is 0. The Morgan fingerprint density at radius 3 is 2.50 bits per heavy atom. The molecule has 2 heterocycles. The Labute approximate surface area is 153 Å². The number of nitrogens with one attached hydrogen (secondary N) is 1. The van der Waals surface area contributed by atoms with Crippen molar-refractivity contribution in [3.8, 4) is 0 Å². The van der Waals surface area contributed by atoms with Crippen LogP contribution >= 0.6 is 0 Å². The van der Waals surface area contributed by atoms with Gasteiger partial charge in [-0.15, -0.1) is 0 Å². The van der Waals surface area contributed by atoms with E-state index in [1.54, 1.807) is 4.90 Å². The summed E-state index contributed by atoms with van der Waals surface area (Å²) in [5.74, 6) is -1.60. The third-order valence-corrected chi connectivity index (χ3v) is 4.83. The van der Waals surface area contributed by atoms with Gasteiger partial charge in [-0.05, 0) is 38.7 Å². The molecule has 138 valence electrons. The molecular formula is C20H25N3O3. The molecule has 0 atom stereocenters. The first kappa shape index (κ1) is 18.2. The molecule has 0 saturated carbocycles. The Hall–Kier alpha value is -2.63. The second-order valence-corrected chi connectivity index (χ2v) is 7.41. The van der Waals surface area contributed by atoms with Crippen molar-refractivity contribution in [2.45, 2.75) is 38.6 Å². The van der Waals surface area contributed by atoms with E-state index in [-0.39, 0.29) is 11.5 Å². The van der Waals surface area contributed by atoms with E-state index in [0.29, 0.717) is 18.8 Å². The van der Waals surface area contributed by atoms with Gasteiger partial charge in [0, 0.05) is 25.7 Å². The molecule has 1 fully saturated rings. The van der Waals surface area contributed by atoms with Crippen LogP contribution in [-0.4, -0.2) is 53.2 Å². The molecule has 0 aliphatic carbocycles. The summed E-state index contributed by atoms with van der Waals surface area (Å²) in [6.45, 7) is 5.22. The highest BCUT2D eigenvalue weighted by molar-refractivity contribution is 6.31. The average molecular weight is 355 g/mol. The molecule has 0 bridgehead atoms. The molecule has 2 N–H and O–H groups in total. The van der Waals surface area contributed by atoms with E-state index >= 15 is 0 Å². The van der Waals surface area contributed by atoms with Crippen LogP contribution < -0.4 is 5.32 Å². The van der Waals surface area contributed by atoms with Crippen molar-refractivity contribution in [1.29, 1.82) is 0 Å². The molecule has 1 aromatic rings. The topological polar surface area (TPSA) is 82.0 Å². The summed E-state index contributed by atoms with van der Waals surface area (Å²) in [6.07, 6.45) is 2.58. The van der Waals surface area contributed by atoms with E-state index in [1.807, 2.05) is 38.1 Å². The highest BCUT2D eigenvalue weighted by atomic mass is 16.3. The molecule has 2 aliphatic heterocycles. The number of benzene rings is 1. The fourth-order valence-corrected chi connectivity index (χ4v) is 3.59. The number of likely N-dealkylation sites (tertiary alicyclic amines) is 1. The summed E-state index contributed by atoms with van der Waals surface area (Å²) in [5, 5.41) is 13.0. The number of carbonyl (C=O) groups excluding carboxylic acids is 2. The number of aliphatic hydroxyl groups is 1. The maximum Gasteiger partial charge on any atom is 0.286 e. The highest BCUT2D eigenvalue weighted by Crippen LogP contribution is 2.31. The van der Waals surface area contributed by atoms with Crippen molar-refractivity contribution in [3.05, 3.63) is 46.7 Å². The maximum atomic E-state index is 13.2. The Morgan fingerprint density at radius 2 is 1.85 bits per heavy atom. The first-order chi connectivity index (χ1) is 12.3. The molecule has 3 rings (SSSR count). The summed E-state index contributed by atoms with van der Waals surface area (Å²) >= 11 is 0. The number of amides is 2. The van der Waals surface area contributed by atoms with Gasteiger partial charge in [-0.3, -0.25) is 14.6 Å². The fraction of sp³-hybridized carbons (Fsp3) is 0.450. The molecule has 6 nitrogen and oxygen atoms in total. The Balaban J connectivity index is 2.19. The minimum absolute atomic E-state index is 0.00789. The number of nitrogens with zero attached hydrogens (tertiary/aromatic N) is 2. The quantitative estimate of drug-likeness (QED) is 0.643. The van der Waals surface area contributed by atoms with Gasteiger partial charge in [0.05, 0.1) is 11.3 Å². The molecule has 26 heavy (non-hydrogen) atoms. The van der Waals surface area contributed by atoms with Crippen LogP contribution in [0, 0.1) is 0 Å². The van der Waals surface area contributed by atoms with E-state index in [2.05, 4.69) is 5.32 Å². The second-order valence-electron chi connectivity index (χ2n) is 7.41. The van der Waals surface area contributed by atoms with Gasteiger partial charge in [0.15, 0.2) is 5.76 Å². The predicted octanol–water partition coefficient (Wildman–Crippen LogP) is 1.99. The summed E-state index contributed by atoms with van der Waals surface area (Å²) in [7, 11) is 1.43. The Kier molecular flexibility index (Phi) is 4.85. The Morgan fingerprint density at radius 1 is 1.19 bits per heavy atom. The number of aliphatic hydroxyl groups excluding tert-OH is 1. The zero-order valence-electron chi connectivity index (χ0n) is 15.5. The SMILES string of the molecule is CNC(=O)C(O)=C(C(=O)N1CCCC1)C1=NC(C)(C)Cc2ccccc21. The van der Waals surface area contributed by atoms with Crippen LogP contribution in [0.3, 0.4) is 0 Å². The number of rotatable bonds is 3. The van der Waals surface area contributed by atoms with Crippen LogP contribution in [0.25, 0.3) is 0 Å². The third kappa shape index (κ3) is 3.36. The minimum Gasteiger partial charge on any atom is -0.502 e. The first-order valence-corrected chi connectivity index (χ1v) is 8.97. The van der Waals surface area contributed by atoms with Gasteiger partial charge in [0.1, 0.15) is 5.57 Å². The van der Waals surface area contributed by atoms with Gasteiger partial charge in [-0.2, -0.15) is 0 Å². The molecule has 0 spiro atoms. The van der Waals surface area contributed by atoms with Crippen LogP contribution in [0.2, 0.25) is 0 Å². The second kappa shape index (κ2) is 6.94. The van der Waals surface area contributed by atoms with Crippen molar-refractivity contribution >= 4 is 17.5 Å². The van der Waals surface area contributed by atoms with Crippen LogP contribution in [0.5, 0.6) is 0 Å². The van der Waals surface area contributed by atoms with Crippen molar-refractivity contribution in [3.63, 3.8) is 0 Å². The molecule has 0 unspecified atom stereocenters. The lowest BCUT2D eigenvalue weighted by atomic mass is 9.84. The molecule has 1 aromatic carbocycles. The van der Waals surface area contributed by atoms with Crippen molar-refractivity contribution in [1.82, 2.24) is 10.2 Å². The van der Waals surface area contributed by atoms with Crippen LogP contribution in [0.4, 0.5) is 0 Å². The van der Waals surface area contributed by atoms with Crippen LogP contribution in [0.15, 0.2) is 40.6 Å². The zero-order valence-corrected chi connectivity index (χ0v) is 15.5. The molecule has 6 heteroatoms. The summed E-state index contributed by atoms with van der Waals surface area (Å²) in [4.78, 5) is 31.8. The van der Waals surface area contributed by atoms with E-state index in [4.69, 9.17) is 4.99 Å². The molecular weight excluding hydrogens is 330 g/mol. The van der Waals surface area contributed by atoms with Gasteiger partial charge < -0.3 is 15.3 Å². The van der Waals surface area contributed by atoms with E-state index < -0.39 is 17.2 Å². The number of carbonyl (C=O) groups is 2. The van der Waals surface area contributed by atoms with Gasteiger partial charge in [-0.25, -0.2) is 0 Å². The smallest absolute Gasteiger partial charge is 0.286 e. The predicted molar refractivity (Wildman–Crippen MR) is 100 cm³/mol. The molecule has 0 radical (unpaired) electrons. The number of aliphatic imine (C=N–C) groups is 1. The number of fused-ring (bicyclic) bond motifs is 1. The highest BCUT2D eigenvalue weighted by Gasteiger charge is 2.35. The first-order valence-electron chi connectivity index (χ1n) is 8.97. The summed E-state index contributed by atoms with van der Waals surface area (Å²) in [6, 6.07) is 7.71. The van der Waals surface area contributed by atoms with Crippen LogP contribution in [-0.2, 0) is 16.0 Å². The molecule has 0 aromatic heterocycles. The van der Waals surface area contributed by atoms with Crippen LogP contribution in [0.1, 0.15) is 37.8 Å². The lowest BCUT2D eigenvalue weighted by Gasteiger charge is -2.30. The maximum absolute atomic E-state index is 13.2. The number of hydrogen-bond donors (Lipinski definition) is 2. The summed E-state index contributed by atoms with van der Waals surface area (Å²) in [5.41, 5.74) is 1.81. The third-order valence-electron chi connectivity index (χ3n) is 4.83. The molecule has 2 aliphatic rings. The van der Waals surface area contributed by atoms with Gasteiger partial charge in [-0.1, -0.05) is 24.3 Å². The zero-order chi connectivity index (χ0) is 18.9. The number of likely N-dealkylation sites (N-methyl/N-ethyl adjacent to an activating group) is 1. The number of hydrogen-bond acceptors (Lipinski definition) is 4. The monoisotopic (exact) mass is 355 g/mol. The Bertz CT molecular complexity index is 802. The van der Waals surface area contributed by atoms with Crippen molar-refractivity contribution in [2.24, 2.45) is 4.99 Å². The average Bonchev–Trinajstić information content (AvgIpc) is 3.14. The van der Waals surface area contributed by atoms with E-state index in [1.165, 1.54) is 7.05 Å². The van der Waals surface area contributed by atoms with Gasteiger partial charge in [0.25, 0.3) is 11.8 Å². The van der Waals surface area contributed by atoms with Gasteiger partial charge in [0.2, 0.25) is 0 Å². The standard InChI is InChI=1S/C20H25N3O3/c1-20(2)12-13-8-4-5-9-14(13)16(22-20)15(17(24)18(25)21-3)19(26)23-10-6-7-11-23/h4-5,8-9,24H,6-7,10-12H2,1-3H3,(H,21,25). The van der Waals surface area contributed by atoms with Crippen molar-refractivity contribution in [2.75, 3.05) is 20.1 Å². The molecule has 1 saturated heterocycles. The largest absolute Gasteiger partial charge is 0.502 e. The lowest BCUT2D eigenvalue weighted by molar-refractivity contribution is -0.127. The molecule has 2 amide bonds. The van der Waals surface area contributed by atoms with E-state index in [9.17, 15) is 14.7 Å². The normalized spacial score (nSPS) is 19.3. The van der Waals surface area contributed by atoms with Gasteiger partial charge >= 0.3 is 0 Å². The van der Waals surface area contributed by atoms with E-state index in [0.717, 1.165) is 30.4 Å². The minimum atomic E-state index is -0.684. The van der Waals surface area contributed by atoms with Crippen molar-refractivity contribution < 1.29 is 14.7 Å². The fourth-order valence-electron chi connectivity index (χ4n) is 3.59. The lowest BCUT2D eigenvalue weighted by Crippen LogP contribution is -2.38.